The van der Waals surface area contributed by atoms with Gasteiger partial charge in [0.15, 0.2) is 0 Å². The molecule has 0 N–H and O–H groups in total. The van der Waals surface area contributed by atoms with E-state index in [9.17, 15) is 4.79 Å². The summed E-state index contributed by atoms with van der Waals surface area (Å²) in [5, 5.41) is 0. The monoisotopic (exact) mass is 289 g/mol. The molecule has 0 spiro atoms. The fourth-order valence-electron chi connectivity index (χ4n) is 2.30. The van der Waals surface area contributed by atoms with Crippen molar-refractivity contribution in [3.63, 3.8) is 0 Å². The van der Waals surface area contributed by atoms with E-state index in [1.54, 1.807) is 18.3 Å². The quantitative estimate of drug-likeness (QED) is 0.678. The molecule has 3 rings (SSSR count). The van der Waals surface area contributed by atoms with E-state index in [4.69, 9.17) is 4.74 Å². The van der Waals surface area contributed by atoms with E-state index >= 15 is 0 Å². The van der Waals surface area contributed by atoms with Gasteiger partial charge >= 0.3 is 5.97 Å². The topological polar surface area (TPSA) is 39.2 Å². The maximum Gasteiger partial charge on any atom is 0.337 e. The maximum atomic E-state index is 11.6. The highest BCUT2D eigenvalue weighted by molar-refractivity contribution is 5.90. The van der Waals surface area contributed by atoms with Crippen LogP contribution in [0.5, 0.6) is 0 Å². The van der Waals surface area contributed by atoms with Crippen molar-refractivity contribution in [2.24, 2.45) is 0 Å². The van der Waals surface area contributed by atoms with Crippen molar-refractivity contribution < 1.29 is 9.53 Å². The Labute approximate surface area is 129 Å². The number of carbonyl (C=O) groups excluding carboxylic acids is 1. The van der Waals surface area contributed by atoms with Crippen LogP contribution in [0, 0.1) is 0 Å². The summed E-state index contributed by atoms with van der Waals surface area (Å²) >= 11 is 0. The second kappa shape index (κ2) is 6.22. The molecule has 2 aromatic carbocycles. The van der Waals surface area contributed by atoms with Crippen LogP contribution in [0.4, 0.5) is 0 Å². The van der Waals surface area contributed by atoms with Gasteiger partial charge in [0.1, 0.15) is 0 Å². The Balaban J connectivity index is 1.92. The van der Waals surface area contributed by atoms with Crippen LogP contribution in [0.1, 0.15) is 10.4 Å². The molecule has 0 bridgehead atoms. The lowest BCUT2D eigenvalue weighted by Crippen LogP contribution is -2.01. The fourth-order valence-corrected chi connectivity index (χ4v) is 2.30. The van der Waals surface area contributed by atoms with Crippen molar-refractivity contribution in [2.75, 3.05) is 7.11 Å². The number of methoxy groups -OCH3 is 1. The van der Waals surface area contributed by atoms with Gasteiger partial charge in [-0.15, -0.1) is 0 Å². The Hall–Kier alpha value is -2.94. The Kier molecular flexibility index (Phi) is 3.97. The molecule has 0 fully saturated rings. The zero-order valence-electron chi connectivity index (χ0n) is 12.2. The standard InChI is InChI=1S/C19H15NO2/c1-22-19(21)17-11-12-20-18(13-17)16-9-7-15(8-10-16)14-5-3-2-4-6-14/h2-13H,1H3. The maximum absolute atomic E-state index is 11.6. The molecular weight excluding hydrogens is 274 g/mol. The Bertz CT molecular complexity index is 780. The lowest BCUT2D eigenvalue weighted by molar-refractivity contribution is 0.0600. The molecule has 0 amide bonds. The first-order valence-electron chi connectivity index (χ1n) is 6.98. The highest BCUT2D eigenvalue weighted by Gasteiger charge is 2.08. The van der Waals surface area contributed by atoms with Gasteiger partial charge in [0.25, 0.3) is 0 Å². The summed E-state index contributed by atoms with van der Waals surface area (Å²) in [4.78, 5) is 15.9. The van der Waals surface area contributed by atoms with Gasteiger partial charge in [0.05, 0.1) is 18.4 Å². The predicted molar refractivity (Wildman–Crippen MR) is 86.4 cm³/mol. The van der Waals surface area contributed by atoms with Crippen LogP contribution in [0.15, 0.2) is 72.9 Å². The van der Waals surface area contributed by atoms with Gasteiger partial charge in [-0.05, 0) is 23.3 Å². The first-order chi connectivity index (χ1) is 10.8. The SMILES string of the molecule is COC(=O)c1ccnc(-c2ccc(-c3ccccc3)cc2)c1. The van der Waals surface area contributed by atoms with E-state index in [0.717, 1.165) is 16.8 Å². The minimum atomic E-state index is -0.357. The van der Waals surface area contributed by atoms with E-state index in [1.807, 2.05) is 30.3 Å². The minimum absolute atomic E-state index is 0.357. The molecule has 3 heteroatoms. The van der Waals surface area contributed by atoms with Crippen LogP contribution >= 0.6 is 0 Å². The van der Waals surface area contributed by atoms with Crippen molar-refractivity contribution in [2.45, 2.75) is 0 Å². The normalized spacial score (nSPS) is 10.2. The van der Waals surface area contributed by atoms with Gasteiger partial charge in [-0.2, -0.15) is 0 Å². The predicted octanol–water partition coefficient (Wildman–Crippen LogP) is 4.20. The highest BCUT2D eigenvalue weighted by Crippen LogP contribution is 2.24. The number of rotatable bonds is 3. The van der Waals surface area contributed by atoms with Gasteiger partial charge in [-0.25, -0.2) is 4.79 Å². The van der Waals surface area contributed by atoms with Crippen LogP contribution in [0.2, 0.25) is 0 Å². The molecule has 3 nitrogen and oxygen atoms in total. The van der Waals surface area contributed by atoms with Gasteiger partial charge in [-0.3, -0.25) is 4.98 Å². The second-order valence-electron chi connectivity index (χ2n) is 4.86. The number of pyridine rings is 1. The number of hydrogen-bond donors (Lipinski definition) is 0. The summed E-state index contributed by atoms with van der Waals surface area (Å²) in [5.41, 5.74) is 4.53. The third-order valence-electron chi connectivity index (χ3n) is 3.47. The third kappa shape index (κ3) is 2.88. The lowest BCUT2D eigenvalue weighted by Gasteiger charge is -2.06. The first kappa shape index (κ1) is 14.0. The third-order valence-corrected chi connectivity index (χ3v) is 3.47. The molecule has 0 radical (unpaired) electrons. The molecule has 1 heterocycles. The summed E-state index contributed by atoms with van der Waals surface area (Å²) in [7, 11) is 1.37. The average molecular weight is 289 g/mol. The van der Waals surface area contributed by atoms with Crippen molar-refractivity contribution in [3.8, 4) is 22.4 Å². The van der Waals surface area contributed by atoms with E-state index < -0.39 is 0 Å². The number of ether oxygens (including phenoxy) is 1. The zero-order valence-corrected chi connectivity index (χ0v) is 12.2. The minimum Gasteiger partial charge on any atom is -0.465 e. The number of nitrogens with zero attached hydrogens (tertiary/aromatic N) is 1. The number of carbonyl (C=O) groups is 1. The van der Waals surface area contributed by atoms with Crippen LogP contribution in [0.3, 0.4) is 0 Å². The molecule has 0 aliphatic carbocycles. The number of hydrogen-bond acceptors (Lipinski definition) is 3. The summed E-state index contributed by atoms with van der Waals surface area (Å²) in [6.07, 6.45) is 1.62. The van der Waals surface area contributed by atoms with E-state index in [2.05, 4.69) is 29.2 Å². The van der Waals surface area contributed by atoms with Crippen molar-refractivity contribution in [1.82, 2.24) is 4.98 Å². The molecule has 0 saturated heterocycles. The average Bonchev–Trinajstić information content (AvgIpc) is 2.62. The van der Waals surface area contributed by atoms with Gasteiger partial charge < -0.3 is 4.74 Å². The molecule has 0 atom stereocenters. The van der Waals surface area contributed by atoms with Crippen LogP contribution in [-0.4, -0.2) is 18.1 Å². The van der Waals surface area contributed by atoms with E-state index in [0.29, 0.717) is 5.56 Å². The second-order valence-corrected chi connectivity index (χ2v) is 4.86. The number of esters is 1. The number of benzene rings is 2. The Morgan fingerprint density at radius 2 is 1.50 bits per heavy atom. The Morgan fingerprint density at radius 1 is 0.864 bits per heavy atom. The van der Waals surface area contributed by atoms with Crippen molar-refractivity contribution in [3.05, 3.63) is 78.5 Å². The molecule has 0 aliphatic rings. The molecule has 108 valence electrons. The van der Waals surface area contributed by atoms with E-state index in [1.165, 1.54) is 12.7 Å². The molecular formula is C19H15NO2. The molecule has 1 aromatic heterocycles. The van der Waals surface area contributed by atoms with Crippen LogP contribution in [-0.2, 0) is 4.74 Å². The highest BCUT2D eigenvalue weighted by atomic mass is 16.5. The molecule has 0 aliphatic heterocycles. The number of aromatic nitrogens is 1. The van der Waals surface area contributed by atoms with Crippen LogP contribution in [0.25, 0.3) is 22.4 Å². The van der Waals surface area contributed by atoms with Crippen LogP contribution < -0.4 is 0 Å². The van der Waals surface area contributed by atoms with Gasteiger partial charge in [-0.1, -0.05) is 54.6 Å². The first-order valence-corrected chi connectivity index (χ1v) is 6.98. The molecule has 3 aromatic rings. The largest absolute Gasteiger partial charge is 0.465 e. The van der Waals surface area contributed by atoms with E-state index in [-0.39, 0.29) is 5.97 Å². The van der Waals surface area contributed by atoms with Gasteiger partial charge in [0.2, 0.25) is 0 Å². The lowest BCUT2D eigenvalue weighted by atomic mass is 10.0. The fraction of sp³-hybridized carbons (Fsp3) is 0.0526. The summed E-state index contributed by atoms with van der Waals surface area (Å²) in [6, 6.07) is 21.7. The Morgan fingerprint density at radius 3 is 2.18 bits per heavy atom. The van der Waals surface area contributed by atoms with Gasteiger partial charge in [0, 0.05) is 11.8 Å². The van der Waals surface area contributed by atoms with Crippen molar-refractivity contribution in [1.29, 1.82) is 0 Å². The summed E-state index contributed by atoms with van der Waals surface area (Å²) in [6.45, 7) is 0. The van der Waals surface area contributed by atoms with Crippen molar-refractivity contribution >= 4 is 5.97 Å². The molecule has 0 saturated carbocycles. The zero-order chi connectivity index (χ0) is 15.4. The molecule has 0 unspecified atom stereocenters. The molecule has 22 heavy (non-hydrogen) atoms. The smallest absolute Gasteiger partial charge is 0.337 e. The summed E-state index contributed by atoms with van der Waals surface area (Å²) in [5.74, 6) is -0.357. The summed E-state index contributed by atoms with van der Waals surface area (Å²) < 4.78 is 4.74.